The predicted molar refractivity (Wildman–Crippen MR) is 28.8 cm³/mol. The number of hydrogen-bond donors (Lipinski definition) is 1. The third kappa shape index (κ3) is 1.83. The first-order valence-corrected chi connectivity index (χ1v) is 2.78. The summed E-state index contributed by atoms with van der Waals surface area (Å²) >= 11 is 0. The number of hydrogen-bond acceptors (Lipinski definition) is 1. The summed E-state index contributed by atoms with van der Waals surface area (Å²) in [5.41, 5.74) is -0.873. The van der Waals surface area contributed by atoms with Crippen molar-refractivity contribution in [2.45, 2.75) is 6.18 Å². The van der Waals surface area contributed by atoms with Crippen molar-refractivity contribution in [1.82, 2.24) is 0 Å². The van der Waals surface area contributed by atoms with Gasteiger partial charge < -0.3 is 0 Å². The van der Waals surface area contributed by atoms with E-state index in [1.165, 1.54) is 0 Å². The first-order chi connectivity index (χ1) is 5.00. The molecule has 1 heterocycles. The van der Waals surface area contributed by atoms with Gasteiger partial charge in [-0.2, -0.15) is 13.2 Å². The molecule has 0 aliphatic carbocycles. The van der Waals surface area contributed by atoms with Crippen LogP contribution in [-0.2, 0) is 6.18 Å². The number of halogens is 3. The van der Waals surface area contributed by atoms with E-state index < -0.39 is 11.7 Å². The molecule has 0 aliphatic rings. The molecular weight excluding hydrogens is 159 g/mol. The van der Waals surface area contributed by atoms with Crippen molar-refractivity contribution in [3.63, 3.8) is 0 Å². The van der Waals surface area contributed by atoms with Gasteiger partial charge in [0, 0.05) is 10.8 Å². The minimum absolute atomic E-state index is 0.364. The summed E-state index contributed by atoms with van der Waals surface area (Å²) in [7, 11) is 0. The Morgan fingerprint density at radius 2 is 2.00 bits per heavy atom. The molecule has 1 N–H and O–H groups in total. The summed E-state index contributed by atoms with van der Waals surface area (Å²) in [6.07, 6.45) is -2.69. The molecule has 0 spiro atoms. The lowest BCUT2D eigenvalue weighted by atomic mass is 10.3. The fourth-order valence-electron chi connectivity index (χ4n) is 0.631. The Bertz CT molecular complexity index is 258. The average Bonchev–Trinajstić information content (AvgIpc) is 1.86. The smallest absolute Gasteiger partial charge is 0.285 e. The number of rotatable bonds is 0. The summed E-state index contributed by atoms with van der Waals surface area (Å²) in [6, 6.07) is 2.00. The molecule has 0 bridgehead atoms. The van der Waals surface area contributed by atoms with E-state index in [1.54, 1.807) is 0 Å². The number of alkyl halides is 3. The molecule has 2 nitrogen and oxygen atoms in total. The quantitative estimate of drug-likeness (QED) is 0.452. The predicted octanol–water partition coefficient (Wildman–Crippen LogP) is 1.23. The van der Waals surface area contributed by atoms with Crippen LogP contribution in [0.2, 0.25) is 0 Å². The molecule has 60 valence electrons. The highest BCUT2D eigenvalue weighted by Gasteiger charge is 2.33. The van der Waals surface area contributed by atoms with Crippen LogP contribution in [0.3, 0.4) is 0 Å². The Kier molecular flexibility index (Phi) is 1.72. The summed E-state index contributed by atoms with van der Waals surface area (Å²) in [5, 5.41) is 8.59. The van der Waals surface area contributed by atoms with E-state index in [2.05, 4.69) is 0 Å². The Labute approximate surface area is 60.5 Å². The van der Waals surface area contributed by atoms with Gasteiger partial charge in [-0.1, -0.05) is 0 Å². The van der Waals surface area contributed by atoms with E-state index in [1.807, 2.05) is 0 Å². The maximum absolute atomic E-state index is 11.8. The van der Waals surface area contributed by atoms with Crippen LogP contribution >= 0.6 is 0 Å². The lowest BCUT2D eigenvalue weighted by molar-refractivity contribution is -0.905. The second-order valence-electron chi connectivity index (χ2n) is 1.97. The molecule has 0 unspecified atom stereocenters. The zero-order chi connectivity index (χ0) is 8.48. The van der Waals surface area contributed by atoms with Crippen molar-refractivity contribution in [2.75, 3.05) is 0 Å². The number of pyridine rings is 1. The fraction of sp³-hybridized carbons (Fsp3) is 0.167. The average molecular weight is 164 g/mol. The van der Waals surface area contributed by atoms with Crippen molar-refractivity contribution >= 4 is 0 Å². The Morgan fingerprint density at radius 3 is 2.36 bits per heavy atom. The zero-order valence-electron chi connectivity index (χ0n) is 5.34. The summed E-state index contributed by atoms with van der Waals surface area (Å²) in [4.78, 5) is 0. The van der Waals surface area contributed by atoms with E-state index >= 15 is 0 Å². The number of nitrogens with zero attached hydrogens (tertiary/aromatic N) is 1. The zero-order valence-corrected chi connectivity index (χ0v) is 5.34. The number of aromatic nitrogens is 1. The molecule has 0 aliphatic heterocycles. The second kappa shape index (κ2) is 2.41. The molecule has 1 aromatic heterocycles. The van der Waals surface area contributed by atoms with Crippen molar-refractivity contribution in [3.05, 3.63) is 30.1 Å². The minimum Gasteiger partial charge on any atom is -0.285 e. The molecule has 1 rings (SSSR count). The third-order valence-corrected chi connectivity index (χ3v) is 1.11. The normalized spacial score (nSPS) is 11.5. The minimum atomic E-state index is -4.40. The molecule has 0 saturated carbocycles. The third-order valence-electron chi connectivity index (χ3n) is 1.11. The van der Waals surface area contributed by atoms with Gasteiger partial charge in [-0.3, -0.25) is 5.21 Å². The SMILES string of the molecule is O[n+]1cccc(C(F)(F)F)c1. The van der Waals surface area contributed by atoms with Gasteiger partial charge in [-0.05, 0) is 6.07 Å². The fourth-order valence-corrected chi connectivity index (χ4v) is 0.631. The lowest BCUT2D eigenvalue weighted by Crippen LogP contribution is -2.30. The maximum atomic E-state index is 11.8. The first kappa shape index (κ1) is 7.84. The summed E-state index contributed by atoms with van der Waals surface area (Å²) in [6.45, 7) is 0. The van der Waals surface area contributed by atoms with Gasteiger partial charge in [0.1, 0.15) is 5.56 Å². The van der Waals surface area contributed by atoms with Crippen LogP contribution in [0.1, 0.15) is 5.56 Å². The van der Waals surface area contributed by atoms with Gasteiger partial charge in [0.2, 0.25) is 12.4 Å². The first-order valence-electron chi connectivity index (χ1n) is 2.78. The van der Waals surface area contributed by atoms with Gasteiger partial charge in [0.05, 0.1) is 0 Å². The lowest BCUT2D eigenvalue weighted by Gasteiger charge is -2.01. The van der Waals surface area contributed by atoms with Gasteiger partial charge in [-0.25, -0.2) is 0 Å². The molecule has 0 amide bonds. The molecule has 0 radical (unpaired) electrons. The van der Waals surface area contributed by atoms with Crippen LogP contribution in [0.4, 0.5) is 13.2 Å². The van der Waals surface area contributed by atoms with Crippen molar-refractivity contribution < 1.29 is 23.1 Å². The van der Waals surface area contributed by atoms with Crippen LogP contribution in [-0.4, -0.2) is 5.21 Å². The van der Waals surface area contributed by atoms with Gasteiger partial charge >= 0.3 is 6.18 Å². The van der Waals surface area contributed by atoms with Crippen LogP contribution in [0.5, 0.6) is 0 Å². The molecule has 11 heavy (non-hydrogen) atoms. The van der Waals surface area contributed by atoms with E-state index in [0.29, 0.717) is 10.9 Å². The van der Waals surface area contributed by atoms with Crippen molar-refractivity contribution in [2.24, 2.45) is 0 Å². The molecule has 0 aromatic carbocycles. The molecule has 0 fully saturated rings. The summed E-state index contributed by atoms with van der Waals surface area (Å²) < 4.78 is 35.9. The maximum Gasteiger partial charge on any atom is 0.422 e. The van der Waals surface area contributed by atoms with E-state index in [9.17, 15) is 13.2 Å². The van der Waals surface area contributed by atoms with Gasteiger partial charge in [-0.15, -0.1) is 0 Å². The Hall–Kier alpha value is -1.26. The van der Waals surface area contributed by atoms with Crippen LogP contribution in [0, 0.1) is 0 Å². The van der Waals surface area contributed by atoms with Gasteiger partial charge in [0.15, 0.2) is 0 Å². The molecule has 5 heteroatoms. The highest BCUT2D eigenvalue weighted by atomic mass is 19.4. The Morgan fingerprint density at radius 1 is 1.36 bits per heavy atom. The molecule has 0 saturated heterocycles. The van der Waals surface area contributed by atoms with Crippen LogP contribution in [0.15, 0.2) is 24.5 Å². The van der Waals surface area contributed by atoms with Gasteiger partial charge in [0.25, 0.3) is 0 Å². The van der Waals surface area contributed by atoms with Crippen LogP contribution in [0.25, 0.3) is 0 Å². The Balaban J connectivity index is 3.06. The molecule has 0 atom stereocenters. The largest absolute Gasteiger partial charge is 0.422 e. The monoisotopic (exact) mass is 164 g/mol. The molecular formula is C6H5F3NO+. The second-order valence-corrected chi connectivity index (χ2v) is 1.97. The highest BCUT2D eigenvalue weighted by molar-refractivity contribution is 5.08. The van der Waals surface area contributed by atoms with E-state index in [-0.39, 0.29) is 0 Å². The van der Waals surface area contributed by atoms with E-state index in [4.69, 9.17) is 5.21 Å². The van der Waals surface area contributed by atoms with Crippen molar-refractivity contribution in [1.29, 1.82) is 0 Å². The van der Waals surface area contributed by atoms with E-state index in [0.717, 1.165) is 18.3 Å². The molecule has 1 aromatic rings. The van der Waals surface area contributed by atoms with Crippen LogP contribution < -0.4 is 4.73 Å². The highest BCUT2D eigenvalue weighted by Crippen LogP contribution is 2.27. The summed E-state index contributed by atoms with van der Waals surface area (Å²) in [5.74, 6) is 0. The standard InChI is InChI=1S/C6H5F3NO/c7-6(8,9)5-2-1-3-10(11)4-5/h1-4,11H/q+1. The topological polar surface area (TPSA) is 24.1 Å². The van der Waals surface area contributed by atoms with Crippen molar-refractivity contribution in [3.8, 4) is 0 Å².